The van der Waals surface area contributed by atoms with Gasteiger partial charge in [0.15, 0.2) is 0 Å². The predicted octanol–water partition coefficient (Wildman–Crippen LogP) is -2.53. The highest BCUT2D eigenvalue weighted by Gasteiger charge is 2.30. The highest BCUT2D eigenvalue weighted by Crippen LogP contribution is 2.07. The number of nitrogens with two attached hydrogens (primary N) is 2. The molecule has 5 atom stereocenters. The Bertz CT molecular complexity index is 659. The molecule has 0 fully saturated rings. The van der Waals surface area contributed by atoms with Crippen LogP contribution in [0.5, 0.6) is 0 Å². The van der Waals surface area contributed by atoms with Crippen LogP contribution in [0.4, 0.5) is 0 Å². The fourth-order valence-electron chi connectivity index (χ4n) is 2.47. The third-order valence-electron chi connectivity index (χ3n) is 4.27. The molecule has 0 aliphatic carbocycles. The smallest absolute Gasteiger partial charge is 0.326 e. The number of hydrogen-bond donors (Lipinski definition) is 8. The van der Waals surface area contributed by atoms with Crippen molar-refractivity contribution in [3.8, 4) is 0 Å². The molecular weight excluding hydrogens is 430 g/mol. The Morgan fingerprint density at radius 2 is 1.39 bits per heavy atom. The molecule has 0 bridgehead atoms. The maximum atomic E-state index is 12.7. The number of thiol groups is 1. The minimum Gasteiger partial charge on any atom is -0.480 e. The summed E-state index contributed by atoms with van der Waals surface area (Å²) < 4.78 is 0. The van der Waals surface area contributed by atoms with Crippen molar-refractivity contribution in [2.45, 2.75) is 70.3 Å². The molecule has 0 heterocycles. The second-order valence-corrected chi connectivity index (χ2v) is 7.97. The molecule has 0 aromatic heterocycles. The van der Waals surface area contributed by atoms with Crippen molar-refractivity contribution >= 4 is 42.2 Å². The van der Waals surface area contributed by atoms with Crippen LogP contribution in [0.1, 0.15) is 40.0 Å². The third-order valence-corrected chi connectivity index (χ3v) is 4.64. The first-order valence-corrected chi connectivity index (χ1v) is 10.4. The van der Waals surface area contributed by atoms with Gasteiger partial charge in [0.1, 0.15) is 24.2 Å². The van der Waals surface area contributed by atoms with Crippen LogP contribution < -0.4 is 27.4 Å². The normalized spacial score (nSPS) is 15.8. The van der Waals surface area contributed by atoms with E-state index in [2.05, 4.69) is 28.6 Å². The molecule has 0 aliphatic heterocycles. The summed E-state index contributed by atoms with van der Waals surface area (Å²) in [4.78, 5) is 59.5. The van der Waals surface area contributed by atoms with Crippen LogP contribution >= 0.6 is 12.6 Å². The van der Waals surface area contributed by atoms with Gasteiger partial charge in [-0.05, 0) is 25.7 Å². The largest absolute Gasteiger partial charge is 0.480 e. The van der Waals surface area contributed by atoms with E-state index in [1.165, 1.54) is 6.92 Å². The van der Waals surface area contributed by atoms with Gasteiger partial charge in [-0.3, -0.25) is 19.2 Å². The Hall–Kier alpha value is -2.38. The molecule has 178 valence electrons. The first-order valence-electron chi connectivity index (χ1n) is 9.76. The number of carboxylic acids is 1. The second kappa shape index (κ2) is 13.8. The molecule has 4 amide bonds. The number of aliphatic hydroxyl groups is 1. The Balaban J connectivity index is 5.24. The standard InChI is InChI=1S/C18H33N5O7S/c1-8(2)6-11(22-17(28)14(20)9(3)24)15(26)23-12(7-31)16(27)21-10(18(29)30)4-5-13(19)25/h8-12,14,24,31H,4-7,20H2,1-3H3,(H2,19,25)(H,21,27)(H,22,28)(H,23,26)(H,29,30). The van der Waals surface area contributed by atoms with E-state index in [9.17, 15) is 34.2 Å². The zero-order valence-electron chi connectivity index (χ0n) is 17.8. The molecule has 5 unspecified atom stereocenters. The number of rotatable bonds is 14. The van der Waals surface area contributed by atoms with Crippen LogP contribution in [0.15, 0.2) is 0 Å². The number of hydrogen-bond acceptors (Lipinski definition) is 8. The van der Waals surface area contributed by atoms with Gasteiger partial charge in [0, 0.05) is 12.2 Å². The number of amides is 4. The van der Waals surface area contributed by atoms with Gasteiger partial charge in [0.2, 0.25) is 23.6 Å². The summed E-state index contributed by atoms with van der Waals surface area (Å²) in [5.41, 5.74) is 10.6. The monoisotopic (exact) mass is 463 g/mol. The van der Waals surface area contributed by atoms with Crippen molar-refractivity contribution in [3.63, 3.8) is 0 Å². The van der Waals surface area contributed by atoms with Gasteiger partial charge in [-0.1, -0.05) is 13.8 Å². The molecule has 0 saturated carbocycles. The van der Waals surface area contributed by atoms with Crippen molar-refractivity contribution in [3.05, 3.63) is 0 Å². The molecule has 0 aromatic carbocycles. The van der Waals surface area contributed by atoms with E-state index in [0.717, 1.165) is 0 Å². The van der Waals surface area contributed by atoms with Gasteiger partial charge in [-0.15, -0.1) is 0 Å². The molecule has 0 aromatic rings. The van der Waals surface area contributed by atoms with Crippen LogP contribution in [-0.2, 0) is 24.0 Å². The van der Waals surface area contributed by atoms with E-state index >= 15 is 0 Å². The molecule has 0 rings (SSSR count). The number of primary amides is 1. The molecule has 31 heavy (non-hydrogen) atoms. The second-order valence-electron chi connectivity index (χ2n) is 7.61. The molecular formula is C18H33N5O7S. The Morgan fingerprint density at radius 1 is 0.903 bits per heavy atom. The van der Waals surface area contributed by atoms with E-state index in [4.69, 9.17) is 11.5 Å². The fraction of sp³-hybridized carbons (Fsp3) is 0.722. The zero-order valence-corrected chi connectivity index (χ0v) is 18.7. The Labute approximate surface area is 186 Å². The van der Waals surface area contributed by atoms with Gasteiger partial charge in [-0.25, -0.2) is 4.79 Å². The van der Waals surface area contributed by atoms with Gasteiger partial charge in [0.25, 0.3) is 0 Å². The van der Waals surface area contributed by atoms with E-state index in [-0.39, 0.29) is 30.9 Å². The quantitative estimate of drug-likeness (QED) is 0.128. The summed E-state index contributed by atoms with van der Waals surface area (Å²) in [6, 6.07) is -4.87. The molecule has 0 saturated heterocycles. The summed E-state index contributed by atoms with van der Waals surface area (Å²) >= 11 is 4.02. The highest BCUT2D eigenvalue weighted by molar-refractivity contribution is 7.80. The first kappa shape index (κ1) is 28.6. The lowest BCUT2D eigenvalue weighted by molar-refractivity contribution is -0.142. The van der Waals surface area contributed by atoms with Crippen molar-refractivity contribution in [1.82, 2.24) is 16.0 Å². The number of carbonyl (C=O) groups excluding carboxylic acids is 4. The molecule has 0 spiro atoms. The van der Waals surface area contributed by atoms with Crippen molar-refractivity contribution < 1.29 is 34.2 Å². The lowest BCUT2D eigenvalue weighted by atomic mass is 10.0. The minimum atomic E-state index is -1.38. The van der Waals surface area contributed by atoms with E-state index in [0.29, 0.717) is 0 Å². The van der Waals surface area contributed by atoms with E-state index in [1.54, 1.807) is 0 Å². The summed E-state index contributed by atoms with van der Waals surface area (Å²) in [7, 11) is 0. The summed E-state index contributed by atoms with van der Waals surface area (Å²) in [6.07, 6.45) is -1.37. The first-order chi connectivity index (χ1) is 14.3. The number of aliphatic hydroxyl groups excluding tert-OH is 1. The maximum Gasteiger partial charge on any atom is 0.326 e. The lowest BCUT2D eigenvalue weighted by Crippen LogP contribution is -2.58. The summed E-state index contributed by atoms with van der Waals surface area (Å²) in [5.74, 6) is -4.51. The van der Waals surface area contributed by atoms with Crippen molar-refractivity contribution in [2.24, 2.45) is 17.4 Å². The van der Waals surface area contributed by atoms with Gasteiger partial charge in [0.05, 0.1) is 6.10 Å². The maximum absolute atomic E-state index is 12.7. The van der Waals surface area contributed by atoms with E-state index < -0.39 is 59.9 Å². The molecule has 13 heteroatoms. The van der Waals surface area contributed by atoms with Crippen LogP contribution in [-0.4, -0.2) is 75.8 Å². The summed E-state index contributed by atoms with van der Waals surface area (Å²) in [6.45, 7) is 4.97. The topological polar surface area (TPSA) is 214 Å². The molecule has 0 radical (unpaired) electrons. The number of carboxylic acid groups (broad SMARTS) is 1. The van der Waals surface area contributed by atoms with Crippen LogP contribution in [0.25, 0.3) is 0 Å². The molecule has 0 aliphatic rings. The van der Waals surface area contributed by atoms with Crippen LogP contribution in [0.2, 0.25) is 0 Å². The van der Waals surface area contributed by atoms with Crippen LogP contribution in [0, 0.1) is 5.92 Å². The molecule has 9 N–H and O–H groups in total. The number of nitrogens with one attached hydrogen (secondary N) is 3. The van der Waals surface area contributed by atoms with Gasteiger partial charge < -0.3 is 37.6 Å². The average molecular weight is 464 g/mol. The van der Waals surface area contributed by atoms with Crippen molar-refractivity contribution in [2.75, 3.05) is 5.75 Å². The molecule has 12 nitrogen and oxygen atoms in total. The Kier molecular flexibility index (Phi) is 12.8. The fourth-order valence-corrected chi connectivity index (χ4v) is 2.73. The third kappa shape index (κ3) is 11.0. The average Bonchev–Trinajstić information content (AvgIpc) is 2.66. The van der Waals surface area contributed by atoms with Gasteiger partial charge in [-0.2, -0.15) is 12.6 Å². The Morgan fingerprint density at radius 3 is 1.81 bits per heavy atom. The summed E-state index contributed by atoms with van der Waals surface area (Å²) in [5, 5.41) is 25.8. The van der Waals surface area contributed by atoms with Crippen molar-refractivity contribution in [1.29, 1.82) is 0 Å². The van der Waals surface area contributed by atoms with Gasteiger partial charge >= 0.3 is 5.97 Å². The number of aliphatic carboxylic acids is 1. The lowest BCUT2D eigenvalue weighted by Gasteiger charge is -2.25. The SMILES string of the molecule is CC(C)CC(NC(=O)C(N)C(C)O)C(=O)NC(CS)C(=O)NC(CCC(N)=O)C(=O)O. The van der Waals surface area contributed by atoms with Crippen LogP contribution in [0.3, 0.4) is 0 Å². The van der Waals surface area contributed by atoms with E-state index in [1.807, 2.05) is 13.8 Å². The zero-order chi connectivity index (χ0) is 24.3. The number of carbonyl (C=O) groups is 5. The minimum absolute atomic E-state index is 0.00714. The highest BCUT2D eigenvalue weighted by atomic mass is 32.1. The predicted molar refractivity (Wildman–Crippen MR) is 115 cm³/mol.